The first-order chi connectivity index (χ1) is 5.02. The van der Waals surface area contributed by atoms with Crippen LogP contribution in [-0.2, 0) is 0 Å². The summed E-state index contributed by atoms with van der Waals surface area (Å²) in [6.07, 6.45) is -5.58. The van der Waals surface area contributed by atoms with Crippen LogP contribution in [0.5, 0.6) is 0 Å². The minimum atomic E-state index is -4.48. The van der Waals surface area contributed by atoms with E-state index >= 15 is 0 Å². The molecule has 1 heterocycles. The molecular formula is C6H10F3NO. The van der Waals surface area contributed by atoms with E-state index in [-0.39, 0.29) is 0 Å². The largest absolute Gasteiger partial charge is 0.415 e. The van der Waals surface area contributed by atoms with Crippen LogP contribution in [0.4, 0.5) is 13.2 Å². The number of nitrogens with one attached hydrogen (secondary N) is 1. The topological polar surface area (TPSA) is 32.3 Å². The molecule has 0 unspecified atom stereocenters. The smallest absolute Gasteiger partial charge is 0.382 e. The molecule has 1 saturated heterocycles. The summed E-state index contributed by atoms with van der Waals surface area (Å²) in [4.78, 5) is 0. The predicted octanol–water partition coefficient (Wildman–Crippen LogP) is 0.662. The van der Waals surface area contributed by atoms with Gasteiger partial charge in [0.2, 0.25) is 0 Å². The number of rotatable bonds is 1. The maximum atomic E-state index is 11.8. The molecule has 0 aromatic heterocycles. The Hall–Kier alpha value is -0.290. The second-order valence-electron chi connectivity index (χ2n) is 2.69. The summed E-state index contributed by atoms with van der Waals surface area (Å²) in [5, 5.41) is 11.3. The second-order valence-corrected chi connectivity index (χ2v) is 2.69. The highest BCUT2D eigenvalue weighted by Gasteiger charge is 2.44. The third-order valence-corrected chi connectivity index (χ3v) is 1.81. The van der Waals surface area contributed by atoms with E-state index in [0.717, 1.165) is 0 Å². The van der Waals surface area contributed by atoms with Crippen molar-refractivity contribution in [3.8, 4) is 0 Å². The molecule has 0 saturated carbocycles. The molecule has 1 aliphatic heterocycles. The van der Waals surface area contributed by atoms with Crippen molar-refractivity contribution in [1.29, 1.82) is 0 Å². The van der Waals surface area contributed by atoms with E-state index in [4.69, 9.17) is 5.11 Å². The SMILES string of the molecule is O[C@@H]([C@H]1CCCN1)C(F)(F)F. The van der Waals surface area contributed by atoms with Gasteiger partial charge in [-0.1, -0.05) is 0 Å². The number of hydrogen-bond donors (Lipinski definition) is 2. The molecule has 2 atom stereocenters. The number of halogens is 3. The van der Waals surface area contributed by atoms with Gasteiger partial charge in [-0.15, -0.1) is 0 Å². The standard InChI is InChI=1S/C6H10F3NO/c7-6(8,9)5(11)4-2-1-3-10-4/h4-5,10-11H,1-3H2/t4-,5+/m1/s1. The number of alkyl halides is 3. The highest BCUT2D eigenvalue weighted by molar-refractivity contribution is 4.85. The summed E-state index contributed by atoms with van der Waals surface area (Å²) < 4.78 is 35.4. The Bertz CT molecular complexity index is 130. The van der Waals surface area contributed by atoms with Crippen LogP contribution in [0.3, 0.4) is 0 Å². The lowest BCUT2D eigenvalue weighted by molar-refractivity contribution is -0.210. The molecule has 0 aromatic carbocycles. The molecule has 11 heavy (non-hydrogen) atoms. The first-order valence-electron chi connectivity index (χ1n) is 3.50. The number of aliphatic hydroxyl groups is 1. The van der Waals surface area contributed by atoms with Crippen molar-refractivity contribution in [2.45, 2.75) is 31.2 Å². The Morgan fingerprint density at radius 1 is 1.45 bits per heavy atom. The van der Waals surface area contributed by atoms with Crippen molar-refractivity contribution in [2.75, 3.05) is 6.54 Å². The van der Waals surface area contributed by atoms with Crippen LogP contribution in [0.2, 0.25) is 0 Å². The fraction of sp³-hybridized carbons (Fsp3) is 1.00. The molecule has 0 bridgehead atoms. The van der Waals surface area contributed by atoms with Crippen molar-refractivity contribution in [2.24, 2.45) is 0 Å². The van der Waals surface area contributed by atoms with Crippen molar-refractivity contribution in [3.63, 3.8) is 0 Å². The average molecular weight is 169 g/mol. The van der Waals surface area contributed by atoms with Gasteiger partial charge in [-0.25, -0.2) is 0 Å². The molecule has 0 aromatic rings. The van der Waals surface area contributed by atoms with E-state index in [9.17, 15) is 13.2 Å². The van der Waals surface area contributed by atoms with Gasteiger partial charge < -0.3 is 10.4 Å². The van der Waals surface area contributed by atoms with E-state index in [0.29, 0.717) is 19.4 Å². The molecule has 1 rings (SSSR count). The van der Waals surface area contributed by atoms with E-state index in [1.54, 1.807) is 0 Å². The average Bonchev–Trinajstić information content (AvgIpc) is 2.34. The summed E-state index contributed by atoms with van der Waals surface area (Å²) in [6, 6.07) is -0.796. The predicted molar refractivity (Wildman–Crippen MR) is 33.1 cm³/mol. The highest BCUT2D eigenvalue weighted by atomic mass is 19.4. The molecule has 0 spiro atoms. The van der Waals surface area contributed by atoms with E-state index in [1.165, 1.54) is 0 Å². The van der Waals surface area contributed by atoms with Gasteiger partial charge in [-0.05, 0) is 19.4 Å². The van der Waals surface area contributed by atoms with E-state index in [1.807, 2.05) is 0 Å². The van der Waals surface area contributed by atoms with Crippen LogP contribution in [0.25, 0.3) is 0 Å². The Morgan fingerprint density at radius 3 is 2.45 bits per heavy atom. The monoisotopic (exact) mass is 169 g/mol. The van der Waals surface area contributed by atoms with E-state index in [2.05, 4.69) is 5.32 Å². The number of aliphatic hydroxyl groups excluding tert-OH is 1. The first kappa shape index (κ1) is 8.80. The third-order valence-electron chi connectivity index (χ3n) is 1.81. The summed E-state index contributed by atoms with van der Waals surface area (Å²) in [6.45, 7) is 0.567. The second kappa shape index (κ2) is 2.98. The Kier molecular flexibility index (Phi) is 2.39. The van der Waals surface area contributed by atoms with Gasteiger partial charge in [-0.3, -0.25) is 0 Å². The van der Waals surface area contributed by atoms with Crippen LogP contribution >= 0.6 is 0 Å². The lowest BCUT2D eigenvalue weighted by atomic mass is 10.1. The zero-order valence-electron chi connectivity index (χ0n) is 5.86. The zero-order valence-corrected chi connectivity index (χ0v) is 5.86. The fourth-order valence-electron chi connectivity index (χ4n) is 1.21. The number of hydrogen-bond acceptors (Lipinski definition) is 2. The molecule has 0 radical (unpaired) electrons. The van der Waals surface area contributed by atoms with Crippen molar-refractivity contribution in [1.82, 2.24) is 5.32 Å². The first-order valence-corrected chi connectivity index (χ1v) is 3.50. The summed E-state index contributed by atoms with van der Waals surface area (Å²) in [5.41, 5.74) is 0. The van der Waals surface area contributed by atoms with Gasteiger partial charge in [0, 0.05) is 6.04 Å². The quantitative estimate of drug-likeness (QED) is 0.604. The van der Waals surface area contributed by atoms with Gasteiger partial charge in [-0.2, -0.15) is 13.2 Å². The molecule has 5 heteroatoms. The van der Waals surface area contributed by atoms with Crippen molar-refractivity contribution < 1.29 is 18.3 Å². The lowest BCUT2D eigenvalue weighted by Crippen LogP contribution is -2.44. The van der Waals surface area contributed by atoms with Gasteiger partial charge in [0.15, 0.2) is 6.10 Å². The summed E-state index contributed by atoms with van der Waals surface area (Å²) in [5.74, 6) is 0. The summed E-state index contributed by atoms with van der Waals surface area (Å²) >= 11 is 0. The normalized spacial score (nSPS) is 28.9. The highest BCUT2D eigenvalue weighted by Crippen LogP contribution is 2.25. The maximum absolute atomic E-state index is 11.8. The maximum Gasteiger partial charge on any atom is 0.415 e. The minimum absolute atomic E-state index is 0.403. The van der Waals surface area contributed by atoms with E-state index < -0.39 is 18.3 Å². The Balaban J connectivity index is 2.46. The van der Waals surface area contributed by atoms with Crippen LogP contribution in [0.15, 0.2) is 0 Å². The van der Waals surface area contributed by atoms with Gasteiger partial charge in [0.25, 0.3) is 0 Å². The summed E-state index contributed by atoms with van der Waals surface area (Å²) in [7, 11) is 0. The van der Waals surface area contributed by atoms with Crippen LogP contribution in [0.1, 0.15) is 12.8 Å². The van der Waals surface area contributed by atoms with Crippen molar-refractivity contribution in [3.05, 3.63) is 0 Å². The molecular weight excluding hydrogens is 159 g/mol. The van der Waals surface area contributed by atoms with Gasteiger partial charge >= 0.3 is 6.18 Å². The van der Waals surface area contributed by atoms with Crippen LogP contribution in [0, 0.1) is 0 Å². The molecule has 2 nitrogen and oxygen atoms in total. The zero-order chi connectivity index (χ0) is 8.48. The third kappa shape index (κ3) is 2.07. The molecule has 2 N–H and O–H groups in total. The van der Waals surface area contributed by atoms with Gasteiger partial charge in [0.1, 0.15) is 0 Å². The molecule has 1 fully saturated rings. The Labute approximate surface area is 62.4 Å². The van der Waals surface area contributed by atoms with Crippen LogP contribution in [-0.4, -0.2) is 30.0 Å². The van der Waals surface area contributed by atoms with Crippen LogP contribution < -0.4 is 5.32 Å². The minimum Gasteiger partial charge on any atom is -0.382 e. The molecule has 1 aliphatic rings. The molecule has 0 amide bonds. The molecule has 66 valence electrons. The molecule has 0 aliphatic carbocycles. The van der Waals surface area contributed by atoms with Gasteiger partial charge in [0.05, 0.1) is 0 Å². The van der Waals surface area contributed by atoms with Crippen molar-refractivity contribution >= 4 is 0 Å². The Morgan fingerprint density at radius 2 is 2.09 bits per heavy atom. The lowest BCUT2D eigenvalue weighted by Gasteiger charge is -2.20. The fourth-order valence-corrected chi connectivity index (χ4v) is 1.21.